The van der Waals surface area contributed by atoms with Crippen molar-refractivity contribution in [3.05, 3.63) is 35.9 Å². The number of hydrogen-bond acceptors (Lipinski definition) is 6. The number of amides is 3. The zero-order valence-electron chi connectivity index (χ0n) is 14.4. The van der Waals surface area contributed by atoms with Crippen molar-refractivity contribution in [1.29, 1.82) is 0 Å². The molecule has 0 radical (unpaired) electrons. The number of benzene rings is 1. The van der Waals surface area contributed by atoms with Crippen LogP contribution in [0, 0.1) is 0 Å². The molecule has 0 aliphatic carbocycles. The average Bonchev–Trinajstić information content (AvgIpc) is 2.60. The Kier molecular flexibility index (Phi) is 8.59. The van der Waals surface area contributed by atoms with Gasteiger partial charge in [-0.15, -0.1) is 0 Å². The van der Waals surface area contributed by atoms with Gasteiger partial charge in [-0.1, -0.05) is 30.3 Å². The molecule has 0 aliphatic rings. The maximum Gasteiger partial charge on any atom is 0.329 e. The van der Waals surface area contributed by atoms with Crippen molar-refractivity contribution < 1.29 is 19.1 Å². The molecule has 0 unspecified atom stereocenters. The molecule has 25 heavy (non-hydrogen) atoms. The molecule has 0 heterocycles. The number of primary amides is 1. The van der Waals surface area contributed by atoms with Gasteiger partial charge < -0.3 is 21.9 Å². The highest BCUT2D eigenvalue weighted by Crippen LogP contribution is 2.14. The first-order valence-corrected chi connectivity index (χ1v) is 8.12. The van der Waals surface area contributed by atoms with Crippen LogP contribution in [0.3, 0.4) is 0 Å². The molecule has 138 valence electrons. The van der Waals surface area contributed by atoms with Crippen molar-refractivity contribution in [3.63, 3.8) is 0 Å². The fourth-order valence-corrected chi connectivity index (χ4v) is 2.52. The second-order valence-electron chi connectivity index (χ2n) is 5.67. The number of rotatable bonds is 9. The molecule has 0 aliphatic heterocycles. The quantitative estimate of drug-likeness (QED) is 0.427. The van der Waals surface area contributed by atoms with Crippen LogP contribution in [0.25, 0.3) is 0 Å². The summed E-state index contributed by atoms with van der Waals surface area (Å²) in [7, 11) is 1.19. The number of nitrogens with zero attached hydrogens (tertiary/aromatic N) is 1. The molecule has 0 aromatic heterocycles. The van der Waals surface area contributed by atoms with Crippen molar-refractivity contribution in [2.45, 2.75) is 37.8 Å². The second-order valence-corrected chi connectivity index (χ2v) is 5.67. The van der Waals surface area contributed by atoms with Gasteiger partial charge in [-0.25, -0.2) is 14.5 Å². The summed E-state index contributed by atoms with van der Waals surface area (Å²) in [5.41, 5.74) is 17.6. The van der Waals surface area contributed by atoms with Crippen LogP contribution < -0.4 is 17.2 Å². The van der Waals surface area contributed by atoms with E-state index >= 15 is 0 Å². The van der Waals surface area contributed by atoms with Gasteiger partial charge in [-0.05, 0) is 37.8 Å². The third kappa shape index (κ3) is 6.17. The molecule has 3 amide bonds. The maximum atomic E-state index is 12.7. The Balaban J connectivity index is 2.94. The molecule has 0 spiro atoms. The maximum absolute atomic E-state index is 12.7. The highest BCUT2D eigenvalue weighted by Gasteiger charge is 2.36. The van der Waals surface area contributed by atoms with Crippen LogP contribution in [-0.2, 0) is 20.7 Å². The normalized spacial score (nSPS) is 12.9. The standard InChI is InChI=1S/C17H26N4O4/c1-25-16(23)14(9-5-6-10-18)21(17(20)24)15(22)13(19)11-12-7-3-2-4-8-12/h2-4,7-8,13-14H,5-6,9-11,18-19H2,1H3,(H2,20,24)/t13-,14-/m0/s1. The smallest absolute Gasteiger partial charge is 0.329 e. The van der Waals surface area contributed by atoms with Gasteiger partial charge in [0, 0.05) is 0 Å². The minimum Gasteiger partial charge on any atom is -0.467 e. The summed E-state index contributed by atoms with van der Waals surface area (Å²) in [5, 5.41) is 0. The predicted molar refractivity (Wildman–Crippen MR) is 93.3 cm³/mol. The number of urea groups is 1. The summed E-state index contributed by atoms with van der Waals surface area (Å²) in [4.78, 5) is 37.2. The summed E-state index contributed by atoms with van der Waals surface area (Å²) < 4.78 is 4.71. The SMILES string of the molecule is COC(=O)[C@H](CCCCN)N(C(N)=O)C(=O)[C@@H](N)Cc1ccccc1. The number of ether oxygens (including phenoxy) is 1. The van der Waals surface area contributed by atoms with Gasteiger partial charge >= 0.3 is 12.0 Å². The van der Waals surface area contributed by atoms with Gasteiger partial charge in [0.25, 0.3) is 0 Å². The monoisotopic (exact) mass is 350 g/mol. The molecule has 6 N–H and O–H groups in total. The lowest BCUT2D eigenvalue weighted by Crippen LogP contribution is -2.56. The average molecular weight is 350 g/mol. The summed E-state index contributed by atoms with van der Waals surface area (Å²) in [6, 6.07) is 5.99. The Morgan fingerprint density at radius 2 is 1.80 bits per heavy atom. The highest BCUT2D eigenvalue weighted by molar-refractivity contribution is 6.00. The van der Waals surface area contributed by atoms with Gasteiger partial charge in [0.2, 0.25) is 5.91 Å². The molecule has 0 bridgehead atoms. The van der Waals surface area contributed by atoms with Gasteiger partial charge in [-0.2, -0.15) is 0 Å². The van der Waals surface area contributed by atoms with Gasteiger partial charge in [0.1, 0.15) is 6.04 Å². The van der Waals surface area contributed by atoms with Crippen molar-refractivity contribution in [3.8, 4) is 0 Å². The van der Waals surface area contributed by atoms with Crippen LogP contribution in [0.1, 0.15) is 24.8 Å². The number of carbonyl (C=O) groups is 3. The molecule has 8 heteroatoms. The Morgan fingerprint density at radius 1 is 1.16 bits per heavy atom. The lowest BCUT2D eigenvalue weighted by molar-refractivity contribution is -0.151. The number of carbonyl (C=O) groups excluding carboxylic acids is 3. The summed E-state index contributed by atoms with van der Waals surface area (Å²) in [6.07, 6.45) is 1.63. The predicted octanol–water partition coefficient (Wildman–Crippen LogP) is 0.134. The number of methoxy groups -OCH3 is 1. The van der Waals surface area contributed by atoms with Crippen LogP contribution in [0.4, 0.5) is 4.79 Å². The van der Waals surface area contributed by atoms with Crippen molar-refractivity contribution in [1.82, 2.24) is 4.90 Å². The summed E-state index contributed by atoms with van der Waals surface area (Å²) >= 11 is 0. The number of hydrogen-bond donors (Lipinski definition) is 3. The topological polar surface area (TPSA) is 142 Å². The van der Waals surface area contributed by atoms with E-state index in [1.807, 2.05) is 30.3 Å². The van der Waals surface area contributed by atoms with Gasteiger partial charge in [0.15, 0.2) is 0 Å². The van der Waals surface area contributed by atoms with Crippen LogP contribution in [0.2, 0.25) is 0 Å². The van der Waals surface area contributed by atoms with Gasteiger partial charge in [-0.3, -0.25) is 4.79 Å². The van der Waals surface area contributed by atoms with E-state index in [1.54, 1.807) is 0 Å². The lowest BCUT2D eigenvalue weighted by Gasteiger charge is -2.28. The van der Waals surface area contributed by atoms with Crippen molar-refractivity contribution in [2.75, 3.05) is 13.7 Å². The van der Waals surface area contributed by atoms with E-state index in [2.05, 4.69) is 0 Å². The number of nitrogens with two attached hydrogens (primary N) is 3. The zero-order chi connectivity index (χ0) is 18.8. The van der Waals surface area contributed by atoms with E-state index in [4.69, 9.17) is 21.9 Å². The molecule has 0 saturated carbocycles. The summed E-state index contributed by atoms with van der Waals surface area (Å²) in [5.74, 6) is -1.42. The van der Waals surface area contributed by atoms with Crippen LogP contribution in [0.15, 0.2) is 30.3 Å². The highest BCUT2D eigenvalue weighted by atomic mass is 16.5. The molecule has 1 aromatic carbocycles. The zero-order valence-corrected chi connectivity index (χ0v) is 14.4. The van der Waals surface area contributed by atoms with E-state index in [1.165, 1.54) is 7.11 Å². The molecular weight excluding hydrogens is 324 g/mol. The van der Waals surface area contributed by atoms with E-state index in [0.29, 0.717) is 24.3 Å². The lowest BCUT2D eigenvalue weighted by atomic mass is 10.0. The Bertz CT molecular complexity index is 579. The first kappa shape index (κ1) is 20.6. The molecule has 1 rings (SSSR count). The van der Waals surface area contributed by atoms with Crippen LogP contribution >= 0.6 is 0 Å². The number of imide groups is 1. The van der Waals surface area contributed by atoms with Crippen LogP contribution in [-0.4, -0.2) is 48.5 Å². The second kappa shape index (κ2) is 10.4. The molecule has 8 nitrogen and oxygen atoms in total. The minimum atomic E-state index is -1.11. The minimum absolute atomic E-state index is 0.219. The first-order valence-electron chi connectivity index (χ1n) is 8.12. The third-order valence-electron chi connectivity index (χ3n) is 3.81. The molecule has 2 atom stereocenters. The molecule has 0 fully saturated rings. The third-order valence-corrected chi connectivity index (χ3v) is 3.81. The van der Waals surface area contributed by atoms with Gasteiger partial charge in [0.05, 0.1) is 13.2 Å². The Morgan fingerprint density at radius 3 is 2.32 bits per heavy atom. The Hall–Kier alpha value is -2.45. The van der Waals surface area contributed by atoms with E-state index in [-0.39, 0.29) is 12.8 Å². The van der Waals surface area contributed by atoms with Crippen LogP contribution in [0.5, 0.6) is 0 Å². The van der Waals surface area contributed by atoms with Crippen molar-refractivity contribution in [2.24, 2.45) is 17.2 Å². The molecular formula is C17H26N4O4. The fraction of sp³-hybridized carbons (Fsp3) is 0.471. The largest absolute Gasteiger partial charge is 0.467 e. The molecule has 0 saturated heterocycles. The first-order chi connectivity index (χ1) is 11.9. The van der Waals surface area contributed by atoms with Crippen molar-refractivity contribution >= 4 is 17.9 Å². The fourth-order valence-electron chi connectivity index (χ4n) is 2.52. The summed E-state index contributed by atoms with van der Waals surface area (Å²) in [6.45, 7) is 0.436. The number of unbranched alkanes of at least 4 members (excludes halogenated alkanes) is 1. The van der Waals surface area contributed by atoms with E-state index in [9.17, 15) is 14.4 Å². The number of esters is 1. The molecule has 1 aromatic rings. The van der Waals surface area contributed by atoms with E-state index < -0.39 is 30.0 Å². The van der Waals surface area contributed by atoms with E-state index in [0.717, 1.165) is 5.56 Å². The Labute approximate surface area is 147 Å².